The van der Waals surface area contributed by atoms with E-state index in [1.165, 1.54) is 12.0 Å². The SMILES string of the molecule is COc1cc2c(cc1OC(C)C)-c1c(-c3cccs3)nc(C(=O)N3CC4CC(CN(C)C4)C3)n1CC2. The lowest BCUT2D eigenvalue weighted by molar-refractivity contribution is 0.0320. The fourth-order valence-electron chi connectivity index (χ4n) is 6.31. The number of hydrogen-bond donors (Lipinski definition) is 0. The first-order chi connectivity index (χ1) is 17.4. The highest BCUT2D eigenvalue weighted by Gasteiger charge is 2.38. The van der Waals surface area contributed by atoms with Crippen molar-refractivity contribution in [1.29, 1.82) is 0 Å². The van der Waals surface area contributed by atoms with Crippen LogP contribution in [0.1, 0.15) is 36.5 Å². The summed E-state index contributed by atoms with van der Waals surface area (Å²) in [5.74, 6) is 3.18. The number of nitrogens with zero attached hydrogens (tertiary/aromatic N) is 4. The summed E-state index contributed by atoms with van der Waals surface area (Å²) in [6.07, 6.45) is 2.07. The van der Waals surface area contributed by atoms with E-state index in [9.17, 15) is 4.79 Å². The largest absolute Gasteiger partial charge is 0.493 e. The van der Waals surface area contributed by atoms with Gasteiger partial charge in [-0.1, -0.05) is 6.07 Å². The number of thiophene rings is 1. The van der Waals surface area contributed by atoms with E-state index in [0.29, 0.717) is 17.7 Å². The van der Waals surface area contributed by atoms with Crippen molar-refractivity contribution in [3.63, 3.8) is 0 Å². The number of carbonyl (C=O) groups is 1. The first-order valence-corrected chi connectivity index (χ1v) is 13.8. The highest BCUT2D eigenvalue weighted by atomic mass is 32.1. The van der Waals surface area contributed by atoms with Gasteiger partial charge in [0.05, 0.1) is 23.8 Å². The molecule has 36 heavy (non-hydrogen) atoms. The second-order valence-corrected chi connectivity index (χ2v) is 11.7. The third-order valence-electron chi connectivity index (χ3n) is 7.58. The van der Waals surface area contributed by atoms with Crippen LogP contribution < -0.4 is 9.47 Å². The molecule has 2 aromatic heterocycles. The maximum atomic E-state index is 14.0. The van der Waals surface area contributed by atoms with Gasteiger partial charge in [-0.05, 0) is 74.7 Å². The minimum absolute atomic E-state index is 0.0250. The number of ether oxygens (including phenoxy) is 2. The fraction of sp³-hybridized carbons (Fsp3) is 0.500. The standard InChI is InChI=1S/C28H34N4O3S/c1-17(2)35-23-12-21-20(11-22(23)34-4)7-8-32-26(21)25(24-6-5-9-36-24)29-27(32)28(33)31-15-18-10-19(16-31)14-30(3)13-18/h5-6,9,11-12,17-19H,7-8,10,13-16H2,1-4H3. The molecule has 7 nitrogen and oxygen atoms in total. The van der Waals surface area contributed by atoms with Gasteiger partial charge in [0.15, 0.2) is 17.3 Å². The number of imidazole rings is 1. The van der Waals surface area contributed by atoms with Gasteiger partial charge < -0.3 is 23.8 Å². The van der Waals surface area contributed by atoms with Crippen LogP contribution in [0.5, 0.6) is 11.5 Å². The van der Waals surface area contributed by atoms with Gasteiger partial charge in [0, 0.05) is 38.3 Å². The van der Waals surface area contributed by atoms with E-state index in [0.717, 1.165) is 72.5 Å². The van der Waals surface area contributed by atoms with E-state index < -0.39 is 0 Å². The molecule has 2 atom stereocenters. The number of amides is 1. The minimum Gasteiger partial charge on any atom is -0.493 e. The lowest BCUT2D eigenvalue weighted by Gasteiger charge is -2.44. The summed E-state index contributed by atoms with van der Waals surface area (Å²) in [7, 11) is 3.88. The molecule has 0 saturated carbocycles. The average molecular weight is 507 g/mol. The van der Waals surface area contributed by atoms with E-state index in [-0.39, 0.29) is 12.0 Å². The third kappa shape index (κ3) is 4.10. The summed E-state index contributed by atoms with van der Waals surface area (Å²) in [4.78, 5) is 24.6. The van der Waals surface area contributed by atoms with Crippen LogP contribution in [0.3, 0.4) is 0 Å². The molecule has 190 valence electrons. The highest BCUT2D eigenvalue weighted by Crippen LogP contribution is 2.44. The lowest BCUT2D eigenvalue weighted by atomic mass is 9.85. The Morgan fingerprint density at radius 2 is 1.92 bits per heavy atom. The van der Waals surface area contributed by atoms with Crippen LogP contribution in [0, 0.1) is 11.8 Å². The molecule has 0 aliphatic carbocycles. The monoisotopic (exact) mass is 506 g/mol. The third-order valence-corrected chi connectivity index (χ3v) is 8.45. The van der Waals surface area contributed by atoms with Gasteiger partial charge in [-0.3, -0.25) is 4.79 Å². The minimum atomic E-state index is 0.0250. The summed E-state index contributed by atoms with van der Waals surface area (Å²) in [6, 6.07) is 8.30. The smallest absolute Gasteiger partial charge is 0.289 e. The van der Waals surface area contributed by atoms with Crippen LogP contribution >= 0.6 is 11.3 Å². The Labute approximate surface area is 216 Å². The molecule has 2 fully saturated rings. The number of aryl methyl sites for hydroxylation is 1. The quantitative estimate of drug-likeness (QED) is 0.504. The molecule has 0 radical (unpaired) electrons. The van der Waals surface area contributed by atoms with Crippen molar-refractivity contribution in [3.05, 3.63) is 41.0 Å². The Hall–Kier alpha value is -2.84. The fourth-order valence-corrected chi connectivity index (χ4v) is 7.02. The van der Waals surface area contributed by atoms with Gasteiger partial charge in [0.2, 0.25) is 0 Å². The topological polar surface area (TPSA) is 59.8 Å². The molecule has 6 rings (SSSR count). The van der Waals surface area contributed by atoms with Crippen molar-refractivity contribution in [2.24, 2.45) is 11.8 Å². The number of likely N-dealkylation sites (tertiary alicyclic amines) is 2. The Balaban J connectivity index is 1.45. The van der Waals surface area contributed by atoms with Crippen molar-refractivity contribution in [2.45, 2.75) is 39.3 Å². The zero-order valence-electron chi connectivity index (χ0n) is 21.5. The van der Waals surface area contributed by atoms with E-state index in [4.69, 9.17) is 14.5 Å². The summed E-state index contributed by atoms with van der Waals surface area (Å²) in [5, 5.41) is 2.07. The summed E-state index contributed by atoms with van der Waals surface area (Å²) in [6.45, 7) is 8.51. The van der Waals surface area contributed by atoms with Gasteiger partial charge in [0.1, 0.15) is 5.69 Å². The van der Waals surface area contributed by atoms with Crippen LogP contribution in [0.2, 0.25) is 0 Å². The van der Waals surface area contributed by atoms with Crippen LogP contribution in [0.4, 0.5) is 0 Å². The van der Waals surface area contributed by atoms with Crippen molar-refractivity contribution in [3.8, 4) is 33.3 Å². The van der Waals surface area contributed by atoms with Crippen LogP contribution in [-0.2, 0) is 13.0 Å². The van der Waals surface area contributed by atoms with Crippen LogP contribution in [0.15, 0.2) is 29.6 Å². The Bertz CT molecular complexity index is 1260. The normalized spacial score (nSPS) is 21.3. The van der Waals surface area contributed by atoms with E-state index in [1.54, 1.807) is 18.4 Å². The number of methoxy groups -OCH3 is 1. The van der Waals surface area contributed by atoms with E-state index in [2.05, 4.69) is 45.0 Å². The van der Waals surface area contributed by atoms with Crippen molar-refractivity contribution in [1.82, 2.24) is 19.4 Å². The molecular weight excluding hydrogens is 472 g/mol. The first kappa shape index (κ1) is 23.6. The van der Waals surface area contributed by atoms with Crippen molar-refractivity contribution in [2.75, 3.05) is 40.3 Å². The number of aromatic nitrogens is 2. The molecule has 5 heterocycles. The van der Waals surface area contributed by atoms with Gasteiger partial charge in [-0.15, -0.1) is 11.3 Å². The number of benzene rings is 1. The summed E-state index contributed by atoms with van der Waals surface area (Å²) >= 11 is 1.66. The average Bonchev–Trinajstić information content (AvgIpc) is 3.50. The van der Waals surface area contributed by atoms with Gasteiger partial charge in [-0.2, -0.15) is 0 Å². The number of rotatable bonds is 5. The van der Waals surface area contributed by atoms with Crippen molar-refractivity contribution >= 4 is 17.2 Å². The number of piperidine rings is 2. The van der Waals surface area contributed by atoms with Crippen LogP contribution in [-0.4, -0.2) is 71.7 Å². The molecular formula is C28H34N4O3S. The maximum Gasteiger partial charge on any atom is 0.289 e. The molecule has 3 aromatic rings. The zero-order valence-corrected chi connectivity index (χ0v) is 22.3. The zero-order chi connectivity index (χ0) is 25.0. The second-order valence-electron chi connectivity index (χ2n) is 10.7. The molecule has 2 saturated heterocycles. The molecule has 3 aliphatic rings. The molecule has 0 spiro atoms. The molecule has 2 bridgehead atoms. The molecule has 1 amide bonds. The molecule has 1 aromatic carbocycles. The van der Waals surface area contributed by atoms with E-state index in [1.807, 2.05) is 19.9 Å². The summed E-state index contributed by atoms with van der Waals surface area (Å²) < 4.78 is 13.9. The van der Waals surface area contributed by atoms with Gasteiger partial charge in [-0.25, -0.2) is 4.98 Å². The lowest BCUT2D eigenvalue weighted by Crippen LogP contribution is -2.53. The molecule has 0 N–H and O–H groups in total. The van der Waals surface area contributed by atoms with Gasteiger partial charge >= 0.3 is 0 Å². The van der Waals surface area contributed by atoms with Gasteiger partial charge in [0.25, 0.3) is 5.91 Å². The highest BCUT2D eigenvalue weighted by molar-refractivity contribution is 7.13. The van der Waals surface area contributed by atoms with Crippen LogP contribution in [0.25, 0.3) is 21.8 Å². The Kier molecular flexibility index (Phi) is 6.04. The predicted molar refractivity (Wildman–Crippen MR) is 142 cm³/mol. The molecule has 2 unspecified atom stereocenters. The van der Waals surface area contributed by atoms with Crippen molar-refractivity contribution < 1.29 is 14.3 Å². The number of carbonyl (C=O) groups excluding carboxylic acids is 1. The summed E-state index contributed by atoms with van der Waals surface area (Å²) in [5.41, 5.74) is 4.16. The maximum absolute atomic E-state index is 14.0. The van der Waals surface area contributed by atoms with E-state index >= 15 is 0 Å². The second kappa shape index (κ2) is 9.23. The number of fused-ring (bicyclic) bond motifs is 5. The Morgan fingerprint density at radius 3 is 2.58 bits per heavy atom. The Morgan fingerprint density at radius 1 is 1.14 bits per heavy atom. The molecule has 8 heteroatoms. The molecule has 3 aliphatic heterocycles. The number of hydrogen-bond acceptors (Lipinski definition) is 6. The predicted octanol–water partition coefficient (Wildman–Crippen LogP) is 4.65. The first-order valence-electron chi connectivity index (χ1n) is 12.9.